The average molecular weight is 529 g/mol. The van der Waals surface area contributed by atoms with Crippen molar-refractivity contribution in [2.75, 3.05) is 20.1 Å². The Morgan fingerprint density at radius 2 is 1.95 bits per heavy atom. The highest BCUT2D eigenvalue weighted by molar-refractivity contribution is 5.98. The van der Waals surface area contributed by atoms with E-state index in [1.807, 2.05) is 37.4 Å². The van der Waals surface area contributed by atoms with Gasteiger partial charge in [-0.3, -0.25) is 9.59 Å². The molecule has 4 N–H and O–H groups in total. The number of aromatic amines is 1. The molecule has 1 aliphatic heterocycles. The van der Waals surface area contributed by atoms with Crippen LogP contribution in [0, 0.1) is 0 Å². The van der Waals surface area contributed by atoms with Gasteiger partial charge in [0.05, 0.1) is 11.2 Å². The van der Waals surface area contributed by atoms with E-state index in [1.165, 1.54) is 6.20 Å². The zero-order valence-corrected chi connectivity index (χ0v) is 21.9. The molecule has 0 unspecified atom stereocenters. The van der Waals surface area contributed by atoms with Gasteiger partial charge in [0.15, 0.2) is 0 Å². The van der Waals surface area contributed by atoms with Gasteiger partial charge in [-0.1, -0.05) is 30.3 Å². The number of benzene rings is 2. The molecule has 1 aromatic heterocycles. The van der Waals surface area contributed by atoms with Crippen molar-refractivity contribution in [3.8, 4) is 16.9 Å². The summed E-state index contributed by atoms with van der Waals surface area (Å²) < 4.78 is 0. The number of aliphatic hydroxyl groups is 1. The minimum Gasteiger partial charge on any atom is -0.507 e. The third kappa shape index (κ3) is 4.08. The molecule has 9 nitrogen and oxygen atoms in total. The lowest BCUT2D eigenvalue weighted by Gasteiger charge is -2.62. The molecule has 2 heterocycles. The van der Waals surface area contributed by atoms with Crippen LogP contribution in [0.4, 0.5) is 0 Å². The van der Waals surface area contributed by atoms with Gasteiger partial charge in [0.2, 0.25) is 0 Å². The number of rotatable bonds is 5. The first-order chi connectivity index (χ1) is 18.7. The number of nitrogens with zero attached hydrogens (tertiary/aromatic N) is 2. The predicted molar refractivity (Wildman–Crippen MR) is 145 cm³/mol. The van der Waals surface area contributed by atoms with Gasteiger partial charge in [0.25, 0.3) is 5.91 Å². The lowest BCUT2D eigenvalue weighted by molar-refractivity contribution is -0.169. The summed E-state index contributed by atoms with van der Waals surface area (Å²) >= 11 is 0. The highest BCUT2D eigenvalue weighted by Gasteiger charge is 2.65. The molecule has 2 bridgehead atoms. The number of ketones is 1. The van der Waals surface area contributed by atoms with Gasteiger partial charge in [-0.15, -0.1) is 0 Å². The van der Waals surface area contributed by atoms with Crippen LogP contribution >= 0.6 is 0 Å². The zero-order chi connectivity index (χ0) is 27.4. The van der Waals surface area contributed by atoms with Crippen molar-refractivity contribution in [3.05, 3.63) is 81.5 Å². The molecule has 6 rings (SSSR count). The van der Waals surface area contributed by atoms with Gasteiger partial charge in [0.1, 0.15) is 11.5 Å². The highest BCUT2D eigenvalue weighted by Crippen LogP contribution is 2.59. The molecule has 1 saturated heterocycles. The maximum Gasteiger partial charge on any atom is 0.344 e. The van der Waals surface area contributed by atoms with E-state index in [9.17, 15) is 24.6 Å². The number of fused-ring (bicyclic) bond motifs is 1. The molecule has 2 aliphatic carbocycles. The lowest BCUT2D eigenvalue weighted by Crippen LogP contribution is -2.72. The zero-order valence-electron chi connectivity index (χ0n) is 21.9. The van der Waals surface area contributed by atoms with E-state index in [2.05, 4.69) is 20.2 Å². The van der Waals surface area contributed by atoms with Crippen LogP contribution in [0.15, 0.2) is 53.6 Å². The van der Waals surface area contributed by atoms with Crippen molar-refractivity contribution in [1.82, 2.24) is 20.2 Å². The number of likely N-dealkylation sites (N-methyl/N-ethyl adjacent to an activating group) is 1. The molecule has 3 aromatic rings. The quantitative estimate of drug-likeness (QED) is 0.398. The molecule has 0 spiro atoms. The summed E-state index contributed by atoms with van der Waals surface area (Å²) in [5, 5.41) is 26.4. The van der Waals surface area contributed by atoms with Crippen LogP contribution < -0.4 is 11.0 Å². The second kappa shape index (κ2) is 9.43. The summed E-state index contributed by atoms with van der Waals surface area (Å²) in [5.74, 6) is -0.406. The summed E-state index contributed by atoms with van der Waals surface area (Å²) in [5.41, 5.74) is 2.01. The fourth-order valence-corrected chi connectivity index (χ4v) is 7.09. The first kappa shape index (κ1) is 25.5. The monoisotopic (exact) mass is 528 g/mol. The number of carbonyl (C=O) groups is 2. The number of likely N-dealkylation sites (tertiary alicyclic amines) is 1. The Labute approximate surface area is 225 Å². The maximum atomic E-state index is 13.2. The average Bonchev–Trinajstić information content (AvgIpc) is 2.92. The summed E-state index contributed by atoms with van der Waals surface area (Å²) in [6, 6.07) is 11.2. The Balaban J connectivity index is 1.20. The molecule has 3 aliphatic rings. The van der Waals surface area contributed by atoms with Gasteiger partial charge >= 0.3 is 5.69 Å². The van der Waals surface area contributed by atoms with E-state index in [-0.39, 0.29) is 35.5 Å². The normalized spacial score (nSPS) is 26.0. The van der Waals surface area contributed by atoms with Crippen LogP contribution in [0.1, 0.15) is 52.7 Å². The van der Waals surface area contributed by atoms with Crippen molar-refractivity contribution < 1.29 is 19.8 Å². The van der Waals surface area contributed by atoms with Gasteiger partial charge in [-0.2, -0.15) is 0 Å². The van der Waals surface area contributed by atoms with Crippen LogP contribution in [0.5, 0.6) is 5.75 Å². The molecule has 0 radical (unpaired) electrons. The van der Waals surface area contributed by atoms with Crippen molar-refractivity contribution in [2.24, 2.45) is 0 Å². The van der Waals surface area contributed by atoms with Crippen LogP contribution in [0.3, 0.4) is 0 Å². The first-order valence-electron chi connectivity index (χ1n) is 13.4. The maximum absolute atomic E-state index is 13.2. The number of phenolic OH excluding ortho intramolecular Hbond substituents is 1. The fraction of sp³-hybridized carbons (Fsp3) is 0.400. The predicted octanol–water partition coefficient (Wildman–Crippen LogP) is 2.10. The first-order valence-corrected chi connectivity index (χ1v) is 13.4. The van der Waals surface area contributed by atoms with Crippen LogP contribution in [-0.2, 0) is 23.1 Å². The van der Waals surface area contributed by atoms with Gasteiger partial charge in [0, 0.05) is 54.4 Å². The molecule has 1 saturated carbocycles. The Bertz CT molecular complexity index is 1500. The number of piperidine rings is 1. The number of Topliss-reactive ketones (excluding diaryl/α,β-unsaturated/α-hetero) is 1. The number of hydrogen-bond acceptors (Lipinski definition) is 7. The number of nitrogens with one attached hydrogen (secondary N) is 2. The number of aromatic nitrogens is 2. The minimum absolute atomic E-state index is 0.0907. The van der Waals surface area contributed by atoms with E-state index < -0.39 is 16.7 Å². The number of hydrogen-bond donors (Lipinski definition) is 4. The van der Waals surface area contributed by atoms with E-state index in [1.54, 1.807) is 12.3 Å². The van der Waals surface area contributed by atoms with E-state index >= 15 is 0 Å². The summed E-state index contributed by atoms with van der Waals surface area (Å²) in [4.78, 5) is 45.5. The molecule has 39 heavy (non-hydrogen) atoms. The number of H-pyrrole nitrogens is 1. The van der Waals surface area contributed by atoms with Crippen LogP contribution in [0.25, 0.3) is 11.1 Å². The Morgan fingerprint density at radius 1 is 1.15 bits per heavy atom. The number of carbonyl (C=O) groups excluding carboxylic acids is 2. The molecule has 3 atom stereocenters. The van der Waals surface area contributed by atoms with Crippen molar-refractivity contribution in [2.45, 2.75) is 55.6 Å². The van der Waals surface area contributed by atoms with Gasteiger partial charge in [-0.25, -0.2) is 9.78 Å². The van der Waals surface area contributed by atoms with E-state index in [4.69, 9.17) is 0 Å². The molecule has 2 fully saturated rings. The summed E-state index contributed by atoms with van der Waals surface area (Å²) in [6.07, 6.45) is 5.74. The molecule has 2 aromatic carbocycles. The Morgan fingerprint density at radius 3 is 2.69 bits per heavy atom. The van der Waals surface area contributed by atoms with Crippen LogP contribution in [-0.4, -0.2) is 68.6 Å². The smallest absolute Gasteiger partial charge is 0.344 e. The largest absolute Gasteiger partial charge is 0.507 e. The number of aromatic hydroxyl groups is 1. The van der Waals surface area contributed by atoms with Gasteiger partial charge in [-0.05, 0) is 62.0 Å². The lowest BCUT2D eigenvalue weighted by atomic mass is 9.49. The SMILES string of the molecule is CN1CC[C@]23CC(=O)CC[C@@]2(O)[C@H]1Cc1ccc(C(=O)NCCc2ccc(-c4cnc(=O)[nH]c4)cc2)c(O)c13. The standard InChI is InChI=1S/C30H32N4O5/c1-34-13-11-29-15-22(35)8-10-30(29,39)24(34)14-20-6-7-23(26(36)25(20)29)27(37)31-12-9-18-2-4-19(5-3-18)21-16-32-28(38)33-17-21/h2-7,16-17,24,36,39H,8-15H2,1H3,(H,31,37)(H,32,33,38)/t24-,29-,30-/m1/s1. The molecular formula is C30H32N4O5. The van der Waals surface area contributed by atoms with E-state index in [0.717, 1.165) is 22.3 Å². The van der Waals surface area contributed by atoms with Gasteiger partial charge < -0.3 is 25.4 Å². The molecular weight excluding hydrogens is 496 g/mol. The second-order valence-electron chi connectivity index (χ2n) is 11.2. The number of amides is 1. The third-order valence-electron chi connectivity index (χ3n) is 9.15. The van der Waals surface area contributed by atoms with Crippen LogP contribution in [0.2, 0.25) is 0 Å². The highest BCUT2D eigenvalue weighted by atomic mass is 16.3. The Hall–Kier alpha value is -3.82. The minimum atomic E-state index is -1.12. The van der Waals surface area contributed by atoms with E-state index in [0.29, 0.717) is 50.8 Å². The number of phenols is 1. The topological polar surface area (TPSA) is 136 Å². The van der Waals surface area contributed by atoms with Crippen molar-refractivity contribution in [1.29, 1.82) is 0 Å². The Kier molecular flexibility index (Phi) is 6.15. The third-order valence-corrected chi connectivity index (χ3v) is 9.15. The van der Waals surface area contributed by atoms with Crippen molar-refractivity contribution >= 4 is 11.7 Å². The molecule has 202 valence electrons. The fourth-order valence-electron chi connectivity index (χ4n) is 7.09. The van der Waals surface area contributed by atoms with Crippen molar-refractivity contribution in [3.63, 3.8) is 0 Å². The molecule has 9 heteroatoms. The summed E-state index contributed by atoms with van der Waals surface area (Å²) in [7, 11) is 2.00. The summed E-state index contributed by atoms with van der Waals surface area (Å²) in [6.45, 7) is 1.09. The molecule has 1 amide bonds. The second-order valence-corrected chi connectivity index (χ2v) is 11.2.